The van der Waals surface area contributed by atoms with E-state index < -0.39 is 23.3 Å². The molecule has 3 N–H and O–H groups in total. The highest BCUT2D eigenvalue weighted by atomic mass is 16.4. The summed E-state index contributed by atoms with van der Waals surface area (Å²) < 4.78 is 0. The highest BCUT2D eigenvalue weighted by molar-refractivity contribution is 5.94. The van der Waals surface area contributed by atoms with Crippen LogP contribution in [0.15, 0.2) is 0 Å². The van der Waals surface area contributed by atoms with Crippen LogP contribution in [0, 0.1) is 5.41 Å². The summed E-state index contributed by atoms with van der Waals surface area (Å²) >= 11 is 0. The standard InChI is InChI=1S/C14H26N2O4/c1-4-5-6-7-8-15-13(20)16-11(17)9-14(2,3)10-12(18)19/h4-10H2,1-3H3,(H,18,19)(H2,15,16,17,20). The maximum atomic E-state index is 11.6. The highest BCUT2D eigenvalue weighted by Gasteiger charge is 2.25. The average molecular weight is 286 g/mol. The third-order valence-corrected chi connectivity index (χ3v) is 2.84. The first-order valence-corrected chi connectivity index (χ1v) is 7.06. The van der Waals surface area contributed by atoms with Crippen LogP contribution in [0.5, 0.6) is 0 Å². The van der Waals surface area contributed by atoms with Crippen LogP contribution < -0.4 is 10.6 Å². The Morgan fingerprint density at radius 2 is 1.70 bits per heavy atom. The van der Waals surface area contributed by atoms with Gasteiger partial charge < -0.3 is 10.4 Å². The van der Waals surface area contributed by atoms with Crippen molar-refractivity contribution in [2.45, 2.75) is 59.3 Å². The van der Waals surface area contributed by atoms with E-state index in [9.17, 15) is 14.4 Å². The second kappa shape index (κ2) is 9.34. The monoisotopic (exact) mass is 286 g/mol. The van der Waals surface area contributed by atoms with Crippen molar-refractivity contribution in [3.8, 4) is 0 Å². The molecule has 0 aromatic heterocycles. The lowest BCUT2D eigenvalue weighted by Gasteiger charge is -2.21. The fourth-order valence-corrected chi connectivity index (χ4v) is 1.88. The lowest BCUT2D eigenvalue weighted by Crippen LogP contribution is -2.41. The van der Waals surface area contributed by atoms with E-state index in [1.54, 1.807) is 13.8 Å². The van der Waals surface area contributed by atoms with Gasteiger partial charge in [0.1, 0.15) is 0 Å². The summed E-state index contributed by atoms with van der Waals surface area (Å²) in [7, 11) is 0. The van der Waals surface area contributed by atoms with E-state index in [1.807, 2.05) is 0 Å². The zero-order valence-electron chi connectivity index (χ0n) is 12.6. The number of unbranched alkanes of at least 4 members (excludes halogenated alkanes) is 3. The molecule has 0 aliphatic heterocycles. The summed E-state index contributed by atoms with van der Waals surface area (Å²) in [5, 5.41) is 13.5. The van der Waals surface area contributed by atoms with E-state index in [1.165, 1.54) is 0 Å². The molecular formula is C14H26N2O4. The zero-order chi connectivity index (χ0) is 15.6. The molecular weight excluding hydrogens is 260 g/mol. The fraction of sp³-hybridized carbons (Fsp3) is 0.786. The Morgan fingerprint density at radius 3 is 2.25 bits per heavy atom. The van der Waals surface area contributed by atoms with Gasteiger partial charge in [-0.1, -0.05) is 40.0 Å². The van der Waals surface area contributed by atoms with Crippen molar-refractivity contribution in [3.63, 3.8) is 0 Å². The number of hydrogen-bond donors (Lipinski definition) is 3. The molecule has 0 radical (unpaired) electrons. The Hall–Kier alpha value is -1.59. The lowest BCUT2D eigenvalue weighted by atomic mass is 9.85. The summed E-state index contributed by atoms with van der Waals surface area (Å²) in [4.78, 5) is 33.7. The van der Waals surface area contributed by atoms with E-state index in [4.69, 9.17) is 5.11 Å². The predicted molar refractivity (Wildman–Crippen MR) is 76.3 cm³/mol. The first-order valence-electron chi connectivity index (χ1n) is 7.06. The smallest absolute Gasteiger partial charge is 0.321 e. The van der Waals surface area contributed by atoms with Gasteiger partial charge in [-0.2, -0.15) is 0 Å². The molecule has 116 valence electrons. The van der Waals surface area contributed by atoms with Gasteiger partial charge in [0.15, 0.2) is 0 Å². The van der Waals surface area contributed by atoms with E-state index >= 15 is 0 Å². The number of carboxylic acids is 1. The molecule has 0 spiro atoms. The number of aliphatic carboxylic acids is 1. The van der Waals surface area contributed by atoms with Crippen molar-refractivity contribution in [2.24, 2.45) is 5.41 Å². The van der Waals surface area contributed by atoms with Gasteiger partial charge in [-0.15, -0.1) is 0 Å². The summed E-state index contributed by atoms with van der Waals surface area (Å²) in [6, 6.07) is -0.516. The van der Waals surface area contributed by atoms with Gasteiger partial charge in [-0.25, -0.2) is 4.79 Å². The largest absolute Gasteiger partial charge is 0.481 e. The number of nitrogens with one attached hydrogen (secondary N) is 2. The third-order valence-electron chi connectivity index (χ3n) is 2.84. The Kier molecular flexibility index (Phi) is 8.59. The lowest BCUT2D eigenvalue weighted by molar-refractivity contribution is -0.139. The van der Waals surface area contributed by atoms with Crippen molar-refractivity contribution in [2.75, 3.05) is 6.54 Å². The van der Waals surface area contributed by atoms with Gasteiger partial charge in [0, 0.05) is 13.0 Å². The van der Waals surface area contributed by atoms with Crippen LogP contribution in [0.4, 0.5) is 4.79 Å². The fourth-order valence-electron chi connectivity index (χ4n) is 1.88. The first kappa shape index (κ1) is 18.4. The van der Waals surface area contributed by atoms with E-state index in [2.05, 4.69) is 17.6 Å². The number of carbonyl (C=O) groups excluding carboxylic acids is 2. The van der Waals surface area contributed by atoms with Crippen molar-refractivity contribution < 1.29 is 19.5 Å². The Bertz CT molecular complexity index is 340. The molecule has 0 atom stereocenters. The molecule has 0 rings (SSSR count). The molecule has 0 aromatic rings. The maximum absolute atomic E-state index is 11.6. The Labute approximate surface area is 120 Å². The highest BCUT2D eigenvalue weighted by Crippen LogP contribution is 2.24. The van der Waals surface area contributed by atoms with Crippen LogP contribution >= 0.6 is 0 Å². The predicted octanol–water partition coefficient (Wildman–Crippen LogP) is 2.28. The maximum Gasteiger partial charge on any atom is 0.321 e. The minimum absolute atomic E-state index is 0.00253. The van der Waals surface area contributed by atoms with Gasteiger partial charge in [-0.3, -0.25) is 14.9 Å². The molecule has 0 aliphatic carbocycles. The Morgan fingerprint density at radius 1 is 1.05 bits per heavy atom. The minimum atomic E-state index is -0.955. The molecule has 0 unspecified atom stereocenters. The van der Waals surface area contributed by atoms with Gasteiger partial charge in [-0.05, 0) is 11.8 Å². The number of carboxylic acid groups (broad SMARTS) is 1. The van der Waals surface area contributed by atoms with E-state index in [0.717, 1.165) is 25.7 Å². The number of amides is 3. The molecule has 0 saturated heterocycles. The zero-order valence-corrected chi connectivity index (χ0v) is 12.6. The molecule has 0 aromatic carbocycles. The number of imide groups is 1. The molecule has 20 heavy (non-hydrogen) atoms. The van der Waals surface area contributed by atoms with Gasteiger partial charge >= 0.3 is 12.0 Å². The summed E-state index contributed by atoms with van der Waals surface area (Å²) in [6.45, 7) is 6.02. The molecule has 3 amide bonds. The van der Waals surface area contributed by atoms with E-state index in [-0.39, 0.29) is 12.8 Å². The third kappa shape index (κ3) is 10.3. The summed E-state index contributed by atoms with van der Waals surface area (Å²) in [6.07, 6.45) is 4.09. The van der Waals surface area contributed by atoms with Crippen LogP contribution in [-0.4, -0.2) is 29.6 Å². The molecule has 0 heterocycles. The molecule has 6 heteroatoms. The van der Waals surface area contributed by atoms with Crippen LogP contribution in [0.3, 0.4) is 0 Å². The second-order valence-electron chi connectivity index (χ2n) is 5.78. The number of rotatable bonds is 9. The Balaban J connectivity index is 3.90. The average Bonchev–Trinajstić information content (AvgIpc) is 2.25. The van der Waals surface area contributed by atoms with Gasteiger partial charge in [0.2, 0.25) is 5.91 Å². The summed E-state index contributed by atoms with van der Waals surface area (Å²) in [5.41, 5.74) is -0.669. The molecule has 0 bridgehead atoms. The second-order valence-corrected chi connectivity index (χ2v) is 5.78. The van der Waals surface area contributed by atoms with Crippen molar-refractivity contribution in [3.05, 3.63) is 0 Å². The molecule has 6 nitrogen and oxygen atoms in total. The number of urea groups is 1. The summed E-state index contributed by atoms with van der Waals surface area (Å²) in [5.74, 6) is -1.41. The van der Waals surface area contributed by atoms with Gasteiger partial charge in [0.25, 0.3) is 0 Å². The topological polar surface area (TPSA) is 95.5 Å². The van der Waals surface area contributed by atoms with Gasteiger partial charge in [0.05, 0.1) is 6.42 Å². The van der Waals surface area contributed by atoms with Crippen LogP contribution in [0.1, 0.15) is 59.3 Å². The van der Waals surface area contributed by atoms with Crippen LogP contribution in [-0.2, 0) is 9.59 Å². The first-order chi connectivity index (χ1) is 9.26. The minimum Gasteiger partial charge on any atom is -0.481 e. The van der Waals surface area contributed by atoms with E-state index in [0.29, 0.717) is 6.54 Å². The molecule has 0 saturated carbocycles. The SMILES string of the molecule is CCCCCCNC(=O)NC(=O)CC(C)(C)CC(=O)O. The molecule has 0 fully saturated rings. The normalized spacial score (nSPS) is 10.9. The van der Waals surface area contributed by atoms with Crippen molar-refractivity contribution in [1.82, 2.24) is 10.6 Å². The molecule has 0 aliphatic rings. The van der Waals surface area contributed by atoms with Crippen molar-refractivity contribution in [1.29, 1.82) is 0 Å². The van der Waals surface area contributed by atoms with Crippen LogP contribution in [0.2, 0.25) is 0 Å². The number of hydrogen-bond acceptors (Lipinski definition) is 3. The van der Waals surface area contributed by atoms with Crippen molar-refractivity contribution >= 4 is 17.9 Å². The quantitative estimate of drug-likeness (QED) is 0.567. The van der Waals surface area contributed by atoms with Crippen LogP contribution in [0.25, 0.3) is 0 Å². The number of carbonyl (C=O) groups is 3.